The van der Waals surface area contributed by atoms with Crippen molar-refractivity contribution in [1.82, 2.24) is 4.90 Å². The summed E-state index contributed by atoms with van der Waals surface area (Å²) in [6.45, 7) is 4.30. The largest absolute Gasteiger partial charge is 0.462 e. The molecular formula is C21H19N3O8S. The molecule has 0 saturated carbocycles. The zero-order valence-corrected chi connectivity index (χ0v) is 18.7. The minimum Gasteiger partial charge on any atom is -0.462 e. The molecule has 0 atom stereocenters. The van der Waals surface area contributed by atoms with Gasteiger partial charge in [-0.05, 0) is 32.4 Å². The number of rotatable bonds is 8. The number of anilines is 1. The number of amides is 3. The zero-order valence-electron chi connectivity index (χ0n) is 17.9. The molecule has 1 aliphatic rings. The lowest BCUT2D eigenvalue weighted by Gasteiger charge is -2.13. The third kappa shape index (κ3) is 4.37. The van der Waals surface area contributed by atoms with Gasteiger partial charge in [-0.1, -0.05) is 6.07 Å². The zero-order chi connectivity index (χ0) is 24.4. The number of nitrogens with zero attached hydrogens (tertiary/aromatic N) is 2. The molecule has 11 nitrogen and oxygen atoms in total. The average Bonchev–Trinajstić information content (AvgIpc) is 3.20. The van der Waals surface area contributed by atoms with Gasteiger partial charge in [0.25, 0.3) is 17.5 Å². The Labute approximate surface area is 191 Å². The van der Waals surface area contributed by atoms with Gasteiger partial charge in [-0.25, -0.2) is 4.79 Å². The van der Waals surface area contributed by atoms with Crippen LogP contribution in [0, 0.1) is 17.0 Å². The Morgan fingerprint density at radius 3 is 2.52 bits per heavy atom. The number of imide groups is 1. The van der Waals surface area contributed by atoms with Gasteiger partial charge in [0.15, 0.2) is 5.78 Å². The van der Waals surface area contributed by atoms with Crippen molar-refractivity contribution in [2.75, 3.05) is 18.5 Å². The molecule has 1 aliphatic heterocycles. The normalized spacial score (nSPS) is 12.5. The lowest BCUT2D eigenvalue weighted by molar-refractivity contribution is -0.385. The highest BCUT2D eigenvalue weighted by Crippen LogP contribution is 2.34. The van der Waals surface area contributed by atoms with Crippen LogP contribution in [0.25, 0.3) is 0 Å². The van der Waals surface area contributed by atoms with E-state index in [9.17, 15) is 34.1 Å². The van der Waals surface area contributed by atoms with E-state index in [1.807, 2.05) is 0 Å². The number of hydrogen-bond acceptors (Lipinski definition) is 9. The fraction of sp³-hybridized carbons (Fsp3) is 0.286. The van der Waals surface area contributed by atoms with Crippen LogP contribution in [0.2, 0.25) is 0 Å². The molecule has 0 fully saturated rings. The van der Waals surface area contributed by atoms with Crippen LogP contribution in [0.3, 0.4) is 0 Å². The number of nitrogens with one attached hydrogen (secondary N) is 1. The second-order valence-electron chi connectivity index (χ2n) is 7.05. The van der Waals surface area contributed by atoms with Crippen molar-refractivity contribution in [3.63, 3.8) is 0 Å². The van der Waals surface area contributed by atoms with E-state index >= 15 is 0 Å². The Morgan fingerprint density at radius 2 is 1.91 bits per heavy atom. The minimum atomic E-state index is -0.854. The van der Waals surface area contributed by atoms with E-state index in [-0.39, 0.29) is 47.0 Å². The van der Waals surface area contributed by atoms with Crippen LogP contribution in [0.4, 0.5) is 10.7 Å². The summed E-state index contributed by atoms with van der Waals surface area (Å²) in [5.41, 5.74) is -0.440. The van der Waals surface area contributed by atoms with Crippen LogP contribution in [0.5, 0.6) is 0 Å². The van der Waals surface area contributed by atoms with Crippen LogP contribution in [0.1, 0.15) is 66.6 Å². The number of hydrogen-bond donors (Lipinski definition) is 1. The smallest absolute Gasteiger partial charge is 0.341 e. The highest BCUT2D eigenvalue weighted by Gasteiger charge is 2.40. The third-order valence-corrected chi connectivity index (χ3v) is 6.24. The maximum Gasteiger partial charge on any atom is 0.341 e. The summed E-state index contributed by atoms with van der Waals surface area (Å²) >= 11 is 0.926. The van der Waals surface area contributed by atoms with Crippen molar-refractivity contribution >= 4 is 51.5 Å². The van der Waals surface area contributed by atoms with Crippen molar-refractivity contribution < 1.29 is 33.6 Å². The molecule has 1 aromatic carbocycles. The first kappa shape index (κ1) is 23.7. The highest BCUT2D eigenvalue weighted by atomic mass is 32.1. The van der Waals surface area contributed by atoms with Crippen LogP contribution < -0.4 is 5.32 Å². The molecule has 33 heavy (non-hydrogen) atoms. The molecule has 3 amide bonds. The number of ketones is 1. The predicted molar refractivity (Wildman–Crippen MR) is 117 cm³/mol. The van der Waals surface area contributed by atoms with Crippen LogP contribution in [-0.4, -0.2) is 52.4 Å². The molecule has 0 unspecified atom stereocenters. The number of Topliss-reactive ketones (excluding diaryl/α,β-unsaturated/α-hetero) is 1. The molecule has 0 spiro atoms. The first-order valence-electron chi connectivity index (χ1n) is 9.83. The van der Waals surface area contributed by atoms with Crippen molar-refractivity contribution in [3.8, 4) is 0 Å². The summed E-state index contributed by atoms with van der Waals surface area (Å²) in [5.74, 6) is -3.18. The fourth-order valence-electron chi connectivity index (χ4n) is 3.46. The van der Waals surface area contributed by atoms with Crippen molar-refractivity contribution in [1.29, 1.82) is 0 Å². The van der Waals surface area contributed by atoms with Gasteiger partial charge in [-0.15, -0.1) is 11.3 Å². The van der Waals surface area contributed by atoms with Crippen LogP contribution in [-0.2, 0) is 9.53 Å². The van der Waals surface area contributed by atoms with Gasteiger partial charge in [-0.2, -0.15) is 0 Å². The molecular weight excluding hydrogens is 454 g/mol. The number of thiophene rings is 1. The minimum absolute atomic E-state index is 0.0664. The Balaban J connectivity index is 1.77. The molecule has 1 aromatic heterocycles. The second kappa shape index (κ2) is 9.28. The average molecular weight is 473 g/mol. The molecule has 0 saturated heterocycles. The van der Waals surface area contributed by atoms with E-state index in [0.717, 1.165) is 22.3 Å². The Morgan fingerprint density at radius 1 is 1.21 bits per heavy atom. The number of esters is 1. The number of carbonyl (C=O) groups excluding carboxylic acids is 5. The highest BCUT2D eigenvalue weighted by molar-refractivity contribution is 7.18. The summed E-state index contributed by atoms with van der Waals surface area (Å²) in [5, 5.41) is 13.9. The number of benzene rings is 1. The Bertz CT molecular complexity index is 1220. The molecule has 0 radical (unpaired) electrons. The van der Waals surface area contributed by atoms with E-state index < -0.39 is 34.3 Å². The first-order valence-corrected chi connectivity index (χ1v) is 10.6. The SMILES string of the molecule is CCOC(=O)c1c(NC(=O)CCN2C(=O)c3cccc([N+](=O)[O-])c3C2=O)sc(C(C)=O)c1C. The Kier molecular flexibility index (Phi) is 6.68. The summed E-state index contributed by atoms with van der Waals surface area (Å²) in [4.78, 5) is 73.4. The number of nitro benzene ring substituents is 1. The molecule has 12 heteroatoms. The summed E-state index contributed by atoms with van der Waals surface area (Å²) < 4.78 is 5.01. The summed E-state index contributed by atoms with van der Waals surface area (Å²) in [6, 6.07) is 3.75. The van der Waals surface area contributed by atoms with Gasteiger partial charge in [0, 0.05) is 19.0 Å². The van der Waals surface area contributed by atoms with Crippen LogP contribution >= 0.6 is 11.3 Å². The standard InChI is InChI=1S/C21H19N3O8S/c1-4-32-21(29)15-10(2)17(11(3)25)33-18(15)22-14(26)8-9-23-19(27)12-6-5-7-13(24(30)31)16(12)20(23)28/h5-7H,4,8-9H2,1-3H3,(H,22,26). The molecule has 3 rings (SSSR count). The van der Waals surface area contributed by atoms with Gasteiger partial charge in [0.2, 0.25) is 5.91 Å². The monoisotopic (exact) mass is 473 g/mol. The fourth-order valence-corrected chi connectivity index (χ4v) is 4.57. The molecule has 1 N–H and O–H groups in total. The first-order chi connectivity index (χ1) is 15.6. The van der Waals surface area contributed by atoms with Gasteiger partial charge in [0.1, 0.15) is 10.6 Å². The van der Waals surface area contributed by atoms with E-state index in [0.29, 0.717) is 10.4 Å². The maximum absolute atomic E-state index is 12.6. The summed E-state index contributed by atoms with van der Waals surface area (Å²) in [7, 11) is 0. The molecule has 2 aromatic rings. The quantitative estimate of drug-likeness (QED) is 0.202. The van der Waals surface area contributed by atoms with E-state index in [1.165, 1.54) is 19.1 Å². The van der Waals surface area contributed by atoms with E-state index in [4.69, 9.17) is 4.74 Å². The molecule has 0 aliphatic carbocycles. The van der Waals surface area contributed by atoms with E-state index in [1.54, 1.807) is 13.8 Å². The van der Waals surface area contributed by atoms with Crippen molar-refractivity contribution in [3.05, 3.63) is 55.4 Å². The Hall–Kier alpha value is -3.93. The van der Waals surface area contributed by atoms with Crippen molar-refractivity contribution in [2.45, 2.75) is 27.2 Å². The van der Waals surface area contributed by atoms with Gasteiger partial charge >= 0.3 is 5.97 Å². The predicted octanol–water partition coefficient (Wildman–Crippen LogP) is 2.97. The lowest BCUT2D eigenvalue weighted by Crippen LogP contribution is -2.33. The third-order valence-electron chi connectivity index (χ3n) is 4.94. The van der Waals surface area contributed by atoms with Gasteiger partial charge in [0.05, 0.1) is 27.5 Å². The van der Waals surface area contributed by atoms with Gasteiger partial charge in [-0.3, -0.25) is 34.2 Å². The molecule has 172 valence electrons. The number of fused-ring (bicyclic) bond motifs is 1. The lowest BCUT2D eigenvalue weighted by atomic mass is 10.1. The van der Waals surface area contributed by atoms with Gasteiger partial charge < -0.3 is 10.1 Å². The molecule has 0 bridgehead atoms. The summed E-state index contributed by atoms with van der Waals surface area (Å²) in [6.07, 6.45) is -0.326. The second-order valence-corrected chi connectivity index (χ2v) is 8.07. The number of ether oxygens (including phenoxy) is 1. The molecule has 2 heterocycles. The van der Waals surface area contributed by atoms with E-state index in [2.05, 4.69) is 5.32 Å². The van der Waals surface area contributed by atoms with Crippen LogP contribution in [0.15, 0.2) is 18.2 Å². The maximum atomic E-state index is 12.6. The van der Waals surface area contributed by atoms with Crippen molar-refractivity contribution in [2.24, 2.45) is 0 Å². The number of nitro groups is 1. The number of carbonyl (C=O) groups is 5. The topological polar surface area (TPSA) is 153 Å².